The summed E-state index contributed by atoms with van der Waals surface area (Å²) in [5, 5.41) is 0.673. The topological polar surface area (TPSA) is 57.5 Å². The molecule has 5 nitrogen and oxygen atoms in total. The van der Waals surface area contributed by atoms with Crippen LogP contribution in [0, 0.1) is 13.8 Å². The van der Waals surface area contributed by atoms with E-state index in [-0.39, 0.29) is 5.91 Å². The van der Waals surface area contributed by atoms with E-state index < -0.39 is 12.1 Å². The van der Waals surface area contributed by atoms with Crippen LogP contribution in [0.2, 0.25) is 0 Å². The Morgan fingerprint density at radius 1 is 1.04 bits per heavy atom. The smallest absolute Gasteiger partial charge is 0.340 e. The van der Waals surface area contributed by atoms with Gasteiger partial charge in [0.25, 0.3) is 5.91 Å². The molecule has 0 saturated heterocycles. The second-order valence-electron chi connectivity index (χ2n) is 6.34. The zero-order valence-electron chi connectivity index (χ0n) is 15.3. The Labute approximate surface area is 152 Å². The number of aryl methyl sites for hydroxylation is 2. The van der Waals surface area contributed by atoms with Crippen molar-refractivity contribution in [3.05, 3.63) is 65.4 Å². The number of para-hydroxylation sites is 1. The molecule has 0 spiro atoms. The molecule has 1 unspecified atom stereocenters. The van der Waals surface area contributed by atoms with Crippen LogP contribution in [-0.2, 0) is 4.74 Å². The number of carbonyl (C=O) groups excluding carboxylic acids is 2. The maximum Gasteiger partial charge on any atom is 0.340 e. The van der Waals surface area contributed by atoms with Gasteiger partial charge in [-0.05, 0) is 50.1 Å². The van der Waals surface area contributed by atoms with Gasteiger partial charge >= 0.3 is 5.97 Å². The lowest BCUT2D eigenvalue weighted by molar-refractivity contribution is 0.0602. The molecule has 1 heterocycles. The third kappa shape index (κ3) is 3.33. The molecule has 0 radical (unpaired) electrons. The predicted molar refractivity (Wildman–Crippen MR) is 99.9 cm³/mol. The summed E-state index contributed by atoms with van der Waals surface area (Å²) in [6.07, 6.45) is 0.803. The number of ether oxygens (including phenoxy) is 2. The first-order chi connectivity index (χ1) is 12.4. The number of aromatic nitrogens is 1. The Bertz CT molecular complexity index is 967. The van der Waals surface area contributed by atoms with Gasteiger partial charge in [-0.1, -0.05) is 24.3 Å². The molecule has 1 atom stereocenters. The van der Waals surface area contributed by atoms with E-state index in [4.69, 9.17) is 9.47 Å². The molecule has 0 aliphatic carbocycles. The molecule has 0 bridgehead atoms. The highest BCUT2D eigenvalue weighted by Crippen LogP contribution is 2.24. The Balaban J connectivity index is 1.95. The first-order valence-corrected chi connectivity index (χ1v) is 8.38. The number of fused-ring (bicyclic) bond motifs is 1. The van der Waals surface area contributed by atoms with E-state index in [1.165, 1.54) is 17.9 Å². The van der Waals surface area contributed by atoms with Crippen molar-refractivity contribution in [3.63, 3.8) is 0 Å². The van der Waals surface area contributed by atoms with E-state index in [0.717, 1.165) is 11.1 Å². The summed E-state index contributed by atoms with van der Waals surface area (Å²) in [5.74, 6) is -0.0841. The largest absolute Gasteiger partial charge is 0.481 e. The second kappa shape index (κ2) is 7.04. The molecule has 1 aromatic heterocycles. The summed E-state index contributed by atoms with van der Waals surface area (Å²) >= 11 is 0. The average molecular weight is 351 g/mol. The second-order valence-corrected chi connectivity index (χ2v) is 6.34. The average Bonchev–Trinajstić information content (AvgIpc) is 2.99. The van der Waals surface area contributed by atoms with Gasteiger partial charge in [-0.2, -0.15) is 0 Å². The van der Waals surface area contributed by atoms with Gasteiger partial charge < -0.3 is 9.47 Å². The first-order valence-electron chi connectivity index (χ1n) is 8.38. The van der Waals surface area contributed by atoms with Crippen LogP contribution in [0.25, 0.3) is 10.9 Å². The fourth-order valence-electron chi connectivity index (χ4n) is 3.09. The van der Waals surface area contributed by atoms with Gasteiger partial charge in [0.2, 0.25) is 0 Å². The highest BCUT2D eigenvalue weighted by molar-refractivity contribution is 6.07. The highest BCUT2D eigenvalue weighted by Gasteiger charge is 2.23. The van der Waals surface area contributed by atoms with Gasteiger partial charge in [-0.25, -0.2) is 4.79 Å². The van der Waals surface area contributed by atoms with Crippen molar-refractivity contribution in [2.24, 2.45) is 0 Å². The number of methoxy groups -OCH3 is 1. The monoisotopic (exact) mass is 351 g/mol. The van der Waals surface area contributed by atoms with E-state index in [9.17, 15) is 9.59 Å². The molecule has 0 aliphatic heterocycles. The molecule has 134 valence electrons. The molecule has 26 heavy (non-hydrogen) atoms. The van der Waals surface area contributed by atoms with E-state index in [1.807, 2.05) is 44.2 Å². The van der Waals surface area contributed by atoms with Crippen molar-refractivity contribution in [1.29, 1.82) is 0 Å². The number of esters is 1. The summed E-state index contributed by atoms with van der Waals surface area (Å²) in [4.78, 5) is 25.0. The molecule has 3 aromatic rings. The Kier molecular flexibility index (Phi) is 4.80. The van der Waals surface area contributed by atoms with E-state index in [0.29, 0.717) is 22.2 Å². The number of hydrogen-bond acceptors (Lipinski definition) is 4. The van der Waals surface area contributed by atoms with Crippen LogP contribution < -0.4 is 4.74 Å². The van der Waals surface area contributed by atoms with Gasteiger partial charge in [-0.15, -0.1) is 0 Å². The summed E-state index contributed by atoms with van der Waals surface area (Å²) in [7, 11) is 1.32. The lowest BCUT2D eigenvalue weighted by Crippen LogP contribution is -2.28. The first kappa shape index (κ1) is 17.7. The maximum absolute atomic E-state index is 12.9. The Morgan fingerprint density at radius 2 is 1.69 bits per heavy atom. The summed E-state index contributed by atoms with van der Waals surface area (Å²) < 4.78 is 12.1. The summed E-state index contributed by atoms with van der Waals surface area (Å²) in [5.41, 5.74) is 3.14. The van der Waals surface area contributed by atoms with Crippen LogP contribution >= 0.6 is 0 Å². The normalized spacial score (nSPS) is 12.0. The van der Waals surface area contributed by atoms with Gasteiger partial charge in [0.1, 0.15) is 5.75 Å². The van der Waals surface area contributed by atoms with Crippen LogP contribution in [0.4, 0.5) is 0 Å². The van der Waals surface area contributed by atoms with Crippen molar-refractivity contribution in [2.45, 2.75) is 26.9 Å². The molecule has 0 fully saturated rings. The Morgan fingerprint density at radius 3 is 2.35 bits per heavy atom. The van der Waals surface area contributed by atoms with Crippen molar-refractivity contribution in [2.75, 3.05) is 7.11 Å². The number of carbonyl (C=O) groups is 2. The molecular weight excluding hydrogens is 330 g/mol. The Hall–Kier alpha value is -3.08. The van der Waals surface area contributed by atoms with Crippen molar-refractivity contribution in [1.82, 2.24) is 4.57 Å². The van der Waals surface area contributed by atoms with Crippen LogP contribution in [0.1, 0.15) is 33.2 Å². The standard InChI is InChI=1S/C21H21NO4/c1-13-9-14(2)11-16(10-13)26-15(3)20(23)22-12-18(21(24)25-4)17-7-5-6-8-19(17)22/h5-12,15H,1-4H3. The third-order valence-corrected chi connectivity index (χ3v) is 4.21. The van der Waals surface area contributed by atoms with Crippen LogP contribution in [0.5, 0.6) is 5.75 Å². The fraction of sp³-hybridized carbons (Fsp3) is 0.238. The van der Waals surface area contributed by atoms with Crippen molar-refractivity contribution >= 4 is 22.8 Å². The number of hydrogen-bond donors (Lipinski definition) is 0. The minimum atomic E-state index is -0.711. The summed E-state index contributed by atoms with van der Waals surface area (Å²) in [6.45, 7) is 5.66. The molecule has 0 saturated carbocycles. The van der Waals surface area contributed by atoms with Crippen molar-refractivity contribution < 1.29 is 19.1 Å². The van der Waals surface area contributed by atoms with Gasteiger partial charge in [0, 0.05) is 11.6 Å². The quantitative estimate of drug-likeness (QED) is 0.663. The molecule has 2 aromatic carbocycles. The predicted octanol–water partition coefficient (Wildman–Crippen LogP) is 4.15. The van der Waals surface area contributed by atoms with Gasteiger partial charge in [0.05, 0.1) is 18.2 Å². The fourth-order valence-corrected chi connectivity index (χ4v) is 3.09. The molecular formula is C21H21NO4. The minimum Gasteiger partial charge on any atom is -0.481 e. The molecule has 0 amide bonds. The number of nitrogens with zero attached hydrogens (tertiary/aromatic N) is 1. The molecule has 3 rings (SSSR count). The van der Waals surface area contributed by atoms with E-state index >= 15 is 0 Å². The SMILES string of the molecule is COC(=O)c1cn(C(=O)C(C)Oc2cc(C)cc(C)c2)c2ccccc12. The number of benzene rings is 2. The zero-order valence-corrected chi connectivity index (χ0v) is 15.3. The number of rotatable bonds is 4. The van der Waals surface area contributed by atoms with E-state index in [1.54, 1.807) is 19.1 Å². The van der Waals surface area contributed by atoms with Crippen molar-refractivity contribution in [3.8, 4) is 5.75 Å². The van der Waals surface area contributed by atoms with E-state index in [2.05, 4.69) is 0 Å². The van der Waals surface area contributed by atoms with Crippen LogP contribution in [0.3, 0.4) is 0 Å². The van der Waals surface area contributed by atoms with Gasteiger partial charge in [-0.3, -0.25) is 9.36 Å². The minimum absolute atomic E-state index is 0.254. The summed E-state index contributed by atoms with van der Waals surface area (Å²) in [6, 6.07) is 13.1. The third-order valence-electron chi connectivity index (χ3n) is 4.21. The van der Waals surface area contributed by atoms with Crippen LogP contribution in [-0.4, -0.2) is 29.7 Å². The van der Waals surface area contributed by atoms with Crippen LogP contribution in [0.15, 0.2) is 48.7 Å². The van der Waals surface area contributed by atoms with Gasteiger partial charge in [0.15, 0.2) is 6.10 Å². The molecule has 5 heteroatoms. The zero-order chi connectivity index (χ0) is 18.8. The molecule has 0 N–H and O–H groups in total. The lowest BCUT2D eigenvalue weighted by atomic mass is 10.1. The lowest BCUT2D eigenvalue weighted by Gasteiger charge is -2.15. The highest BCUT2D eigenvalue weighted by atomic mass is 16.5. The molecule has 0 aliphatic rings. The maximum atomic E-state index is 12.9.